The largest absolute Gasteiger partial charge is 0.306 e. The van der Waals surface area contributed by atoms with Crippen molar-refractivity contribution in [3.05, 3.63) is 35.4 Å². The lowest BCUT2D eigenvalue weighted by atomic mass is 9.74. The molecule has 1 aliphatic rings. The van der Waals surface area contributed by atoms with E-state index in [0.717, 1.165) is 0 Å². The Morgan fingerprint density at radius 3 is 1.94 bits per heavy atom. The van der Waals surface area contributed by atoms with Crippen LogP contribution in [0.4, 0.5) is 0 Å². The fourth-order valence-corrected chi connectivity index (χ4v) is 2.36. The van der Waals surface area contributed by atoms with Crippen LogP contribution in [-0.4, -0.2) is 25.0 Å². The molecule has 1 heterocycles. The zero-order valence-electron chi connectivity index (χ0n) is 12.1. The van der Waals surface area contributed by atoms with Crippen LogP contribution in [0.25, 0.3) is 0 Å². The summed E-state index contributed by atoms with van der Waals surface area (Å²) in [5.41, 5.74) is 3.27. The quantitative estimate of drug-likeness (QED) is 0.708. The Labute approximate surface area is 107 Å². The maximum absolute atomic E-state index is 2.43. The smallest absolute Gasteiger partial charge is 0.00134 e. The van der Waals surface area contributed by atoms with E-state index >= 15 is 0 Å². The van der Waals surface area contributed by atoms with Crippen molar-refractivity contribution in [3.8, 4) is 0 Å². The summed E-state index contributed by atoms with van der Waals surface area (Å²) in [5.74, 6) is 0. The summed E-state index contributed by atoms with van der Waals surface area (Å²) in [4.78, 5) is 2.43. The van der Waals surface area contributed by atoms with Crippen molar-refractivity contribution in [1.82, 2.24) is 4.90 Å². The molecule has 0 unspecified atom stereocenters. The van der Waals surface area contributed by atoms with Gasteiger partial charge in [0.05, 0.1) is 0 Å². The van der Waals surface area contributed by atoms with E-state index < -0.39 is 0 Å². The minimum absolute atomic E-state index is 0.403. The molecule has 0 bridgehead atoms. The highest BCUT2D eigenvalue weighted by molar-refractivity contribution is 5.28. The van der Waals surface area contributed by atoms with Gasteiger partial charge in [-0.2, -0.15) is 0 Å². The van der Waals surface area contributed by atoms with E-state index in [1.54, 1.807) is 0 Å². The van der Waals surface area contributed by atoms with Gasteiger partial charge in [0.2, 0.25) is 0 Å². The number of hydrogen-bond acceptors (Lipinski definition) is 1. The number of likely N-dealkylation sites (tertiary alicyclic amines) is 1. The molecule has 1 heteroatoms. The number of hydrogen-bond donors (Lipinski definition) is 0. The van der Waals surface area contributed by atoms with Gasteiger partial charge in [0.15, 0.2) is 0 Å². The van der Waals surface area contributed by atoms with Gasteiger partial charge in [-0.25, -0.2) is 0 Å². The van der Waals surface area contributed by atoms with Gasteiger partial charge in [0.1, 0.15) is 0 Å². The first-order valence-corrected chi connectivity index (χ1v) is 6.86. The van der Waals surface area contributed by atoms with E-state index in [1.807, 2.05) is 13.8 Å². The average Bonchev–Trinajstić information content (AvgIpc) is 2.36. The Morgan fingerprint density at radius 2 is 1.47 bits per heavy atom. The zero-order valence-corrected chi connectivity index (χ0v) is 12.1. The average molecular weight is 233 g/mol. The Balaban J connectivity index is 0.000000686. The normalized spacial score (nSPS) is 19.4. The molecule has 0 amide bonds. The van der Waals surface area contributed by atoms with Crippen LogP contribution in [0.5, 0.6) is 0 Å². The lowest BCUT2D eigenvalue weighted by Gasteiger charge is -2.38. The van der Waals surface area contributed by atoms with Gasteiger partial charge in [0, 0.05) is 0 Å². The van der Waals surface area contributed by atoms with Gasteiger partial charge < -0.3 is 4.90 Å². The highest BCUT2D eigenvalue weighted by Crippen LogP contribution is 2.34. The maximum Gasteiger partial charge on any atom is -0.00134 e. The molecule has 1 fully saturated rings. The Morgan fingerprint density at radius 1 is 1.00 bits per heavy atom. The second-order valence-electron chi connectivity index (χ2n) is 5.23. The molecule has 0 aromatic heterocycles. The molecule has 1 saturated heterocycles. The number of rotatable bonds is 1. The standard InChI is InChI=1S/C14H21N.C2H6/c1-12-4-6-13(7-5-12)14(2)8-10-15(3)11-9-14;1-2/h4-7H,8-11H2,1-3H3;1-2H3. The third-order valence-electron chi connectivity index (χ3n) is 3.84. The monoisotopic (exact) mass is 233 g/mol. The summed E-state index contributed by atoms with van der Waals surface area (Å²) in [6.07, 6.45) is 2.57. The van der Waals surface area contributed by atoms with Crippen LogP contribution >= 0.6 is 0 Å². The predicted molar refractivity (Wildman–Crippen MR) is 76.6 cm³/mol. The van der Waals surface area contributed by atoms with E-state index in [9.17, 15) is 0 Å². The molecule has 0 radical (unpaired) electrons. The SMILES string of the molecule is CC.Cc1ccc(C2(C)CCN(C)CC2)cc1. The molecule has 0 aliphatic carbocycles. The number of nitrogens with zero attached hydrogens (tertiary/aromatic N) is 1. The minimum Gasteiger partial charge on any atom is -0.306 e. The van der Waals surface area contributed by atoms with E-state index in [0.29, 0.717) is 5.41 Å². The lowest BCUT2D eigenvalue weighted by Crippen LogP contribution is -2.38. The van der Waals surface area contributed by atoms with Gasteiger partial charge in [-0.05, 0) is 50.9 Å². The minimum atomic E-state index is 0.403. The molecular formula is C16H27N. The van der Waals surface area contributed by atoms with Gasteiger partial charge in [-0.1, -0.05) is 50.6 Å². The number of aryl methyl sites for hydroxylation is 1. The molecule has 0 atom stereocenters. The molecule has 17 heavy (non-hydrogen) atoms. The van der Waals surface area contributed by atoms with Gasteiger partial charge in [0.25, 0.3) is 0 Å². The third-order valence-corrected chi connectivity index (χ3v) is 3.84. The van der Waals surface area contributed by atoms with Crippen molar-refractivity contribution >= 4 is 0 Å². The summed E-state index contributed by atoms with van der Waals surface area (Å²) in [7, 11) is 2.22. The van der Waals surface area contributed by atoms with Crippen LogP contribution in [0.3, 0.4) is 0 Å². The molecule has 1 aromatic rings. The molecule has 1 nitrogen and oxygen atoms in total. The van der Waals surface area contributed by atoms with Crippen LogP contribution in [-0.2, 0) is 5.41 Å². The molecule has 2 rings (SSSR count). The molecule has 0 spiro atoms. The Kier molecular flexibility index (Phi) is 5.20. The van der Waals surface area contributed by atoms with Gasteiger partial charge in [-0.15, -0.1) is 0 Å². The molecule has 1 aliphatic heterocycles. The first kappa shape index (κ1) is 14.2. The first-order chi connectivity index (χ1) is 8.10. The summed E-state index contributed by atoms with van der Waals surface area (Å²) in [6, 6.07) is 9.08. The fourth-order valence-electron chi connectivity index (χ4n) is 2.36. The van der Waals surface area contributed by atoms with Crippen LogP contribution in [0.15, 0.2) is 24.3 Å². The van der Waals surface area contributed by atoms with Crippen molar-refractivity contribution in [3.63, 3.8) is 0 Å². The second-order valence-corrected chi connectivity index (χ2v) is 5.23. The molecule has 0 N–H and O–H groups in total. The van der Waals surface area contributed by atoms with Gasteiger partial charge >= 0.3 is 0 Å². The Bertz CT molecular complexity index is 318. The highest BCUT2D eigenvalue weighted by Gasteiger charge is 2.30. The molecular weight excluding hydrogens is 206 g/mol. The lowest BCUT2D eigenvalue weighted by molar-refractivity contribution is 0.200. The molecule has 0 saturated carbocycles. The Hall–Kier alpha value is -0.820. The highest BCUT2D eigenvalue weighted by atomic mass is 15.1. The molecule has 96 valence electrons. The van der Waals surface area contributed by atoms with E-state index in [-0.39, 0.29) is 0 Å². The predicted octanol–water partition coefficient (Wildman–Crippen LogP) is 4.00. The van der Waals surface area contributed by atoms with Crippen LogP contribution in [0.1, 0.15) is 44.7 Å². The third kappa shape index (κ3) is 3.57. The number of benzene rings is 1. The summed E-state index contributed by atoms with van der Waals surface area (Å²) >= 11 is 0. The maximum atomic E-state index is 2.43. The van der Waals surface area contributed by atoms with Crippen molar-refractivity contribution < 1.29 is 0 Å². The van der Waals surface area contributed by atoms with Crippen LogP contribution in [0.2, 0.25) is 0 Å². The van der Waals surface area contributed by atoms with Gasteiger partial charge in [-0.3, -0.25) is 0 Å². The topological polar surface area (TPSA) is 3.24 Å². The fraction of sp³-hybridized carbons (Fsp3) is 0.625. The molecule has 1 aromatic carbocycles. The van der Waals surface area contributed by atoms with Crippen molar-refractivity contribution in [1.29, 1.82) is 0 Å². The van der Waals surface area contributed by atoms with E-state index in [4.69, 9.17) is 0 Å². The second kappa shape index (κ2) is 6.20. The van der Waals surface area contributed by atoms with Crippen LogP contribution in [0, 0.1) is 6.92 Å². The van der Waals surface area contributed by atoms with Crippen molar-refractivity contribution in [2.45, 2.75) is 46.0 Å². The van der Waals surface area contributed by atoms with E-state index in [2.05, 4.69) is 50.1 Å². The summed E-state index contributed by atoms with van der Waals surface area (Å²) in [6.45, 7) is 11.0. The number of piperidine rings is 1. The summed E-state index contributed by atoms with van der Waals surface area (Å²) in [5, 5.41) is 0. The van der Waals surface area contributed by atoms with Crippen LogP contribution < -0.4 is 0 Å². The van der Waals surface area contributed by atoms with E-state index in [1.165, 1.54) is 37.1 Å². The summed E-state index contributed by atoms with van der Waals surface area (Å²) < 4.78 is 0. The zero-order chi connectivity index (χ0) is 12.9. The van der Waals surface area contributed by atoms with Crippen molar-refractivity contribution in [2.75, 3.05) is 20.1 Å². The van der Waals surface area contributed by atoms with Crippen molar-refractivity contribution in [2.24, 2.45) is 0 Å². The first-order valence-electron chi connectivity index (χ1n) is 6.86.